The van der Waals surface area contributed by atoms with E-state index in [0.717, 1.165) is 43.6 Å². The minimum atomic E-state index is 0.487. The molecule has 3 heteroatoms. The van der Waals surface area contributed by atoms with E-state index < -0.39 is 0 Å². The number of hydrogen-bond donors (Lipinski definition) is 1. The predicted octanol–water partition coefficient (Wildman–Crippen LogP) is 3.95. The number of nitrogens with zero attached hydrogens (tertiary/aromatic N) is 1. The van der Waals surface area contributed by atoms with E-state index in [4.69, 9.17) is 4.42 Å². The molecule has 0 aliphatic heterocycles. The second kappa shape index (κ2) is 8.48. The standard InChI is InChI=1S/C17H32N2O/c1-7-14(5)11-19(8-2)12-16-9-17(20-15(16)6)10-18-13(3)4/h9,13-14,18H,7-8,10-12H2,1-6H3. The highest BCUT2D eigenvalue weighted by Gasteiger charge is 2.13. The van der Waals surface area contributed by atoms with Crippen LogP contribution in [0.3, 0.4) is 0 Å². The van der Waals surface area contributed by atoms with E-state index in [0.29, 0.717) is 6.04 Å². The van der Waals surface area contributed by atoms with Crippen LogP contribution in [0.15, 0.2) is 10.5 Å². The third kappa shape index (κ3) is 5.68. The maximum atomic E-state index is 5.85. The Morgan fingerprint density at radius 2 is 1.95 bits per heavy atom. The molecule has 0 bridgehead atoms. The number of aryl methyl sites for hydroxylation is 1. The summed E-state index contributed by atoms with van der Waals surface area (Å²) in [6, 6.07) is 2.70. The molecular formula is C17H32N2O. The Morgan fingerprint density at radius 1 is 1.25 bits per heavy atom. The molecule has 0 aliphatic rings. The van der Waals surface area contributed by atoms with Crippen LogP contribution >= 0.6 is 0 Å². The van der Waals surface area contributed by atoms with Crippen LogP contribution in [0, 0.1) is 12.8 Å². The first-order valence-electron chi connectivity index (χ1n) is 8.00. The van der Waals surface area contributed by atoms with Crippen molar-refractivity contribution < 1.29 is 4.42 Å². The van der Waals surface area contributed by atoms with Crippen molar-refractivity contribution in [2.45, 2.75) is 67.1 Å². The molecule has 116 valence electrons. The fourth-order valence-corrected chi connectivity index (χ4v) is 2.25. The zero-order valence-electron chi connectivity index (χ0n) is 14.1. The lowest BCUT2D eigenvalue weighted by molar-refractivity contribution is 0.237. The Kier molecular flexibility index (Phi) is 7.31. The second-order valence-electron chi connectivity index (χ2n) is 6.17. The minimum Gasteiger partial charge on any atom is -0.465 e. The van der Waals surface area contributed by atoms with Crippen molar-refractivity contribution in [1.29, 1.82) is 0 Å². The van der Waals surface area contributed by atoms with E-state index in [2.05, 4.69) is 57.8 Å². The average Bonchev–Trinajstić information content (AvgIpc) is 2.76. The molecule has 0 spiro atoms. The maximum absolute atomic E-state index is 5.85. The highest BCUT2D eigenvalue weighted by atomic mass is 16.3. The van der Waals surface area contributed by atoms with Gasteiger partial charge >= 0.3 is 0 Å². The molecule has 1 heterocycles. The molecule has 0 aromatic carbocycles. The zero-order valence-corrected chi connectivity index (χ0v) is 14.1. The van der Waals surface area contributed by atoms with Crippen LogP contribution in [-0.2, 0) is 13.1 Å². The molecular weight excluding hydrogens is 248 g/mol. The summed E-state index contributed by atoms with van der Waals surface area (Å²) >= 11 is 0. The fourth-order valence-electron chi connectivity index (χ4n) is 2.25. The van der Waals surface area contributed by atoms with Gasteiger partial charge in [-0.3, -0.25) is 4.90 Å². The summed E-state index contributed by atoms with van der Waals surface area (Å²) in [5.41, 5.74) is 1.33. The van der Waals surface area contributed by atoms with Gasteiger partial charge in [0, 0.05) is 24.7 Å². The van der Waals surface area contributed by atoms with Gasteiger partial charge in [-0.1, -0.05) is 41.0 Å². The third-order valence-electron chi connectivity index (χ3n) is 3.86. The van der Waals surface area contributed by atoms with E-state index in [1.165, 1.54) is 12.0 Å². The van der Waals surface area contributed by atoms with Crippen molar-refractivity contribution in [3.63, 3.8) is 0 Å². The number of nitrogens with one attached hydrogen (secondary N) is 1. The van der Waals surface area contributed by atoms with Crippen LogP contribution in [0.25, 0.3) is 0 Å². The van der Waals surface area contributed by atoms with Crippen molar-refractivity contribution in [1.82, 2.24) is 10.2 Å². The Balaban J connectivity index is 2.61. The summed E-state index contributed by atoms with van der Waals surface area (Å²) < 4.78 is 5.85. The van der Waals surface area contributed by atoms with Crippen molar-refractivity contribution in [2.24, 2.45) is 5.92 Å². The smallest absolute Gasteiger partial charge is 0.118 e. The summed E-state index contributed by atoms with van der Waals surface area (Å²) in [7, 11) is 0. The fraction of sp³-hybridized carbons (Fsp3) is 0.765. The lowest BCUT2D eigenvalue weighted by Crippen LogP contribution is -2.27. The van der Waals surface area contributed by atoms with Crippen LogP contribution in [0.5, 0.6) is 0 Å². The van der Waals surface area contributed by atoms with Crippen molar-refractivity contribution in [2.75, 3.05) is 13.1 Å². The van der Waals surface area contributed by atoms with Crippen molar-refractivity contribution in [3.8, 4) is 0 Å². The molecule has 3 nitrogen and oxygen atoms in total. The van der Waals surface area contributed by atoms with Gasteiger partial charge in [0.05, 0.1) is 6.54 Å². The molecule has 1 N–H and O–H groups in total. The first kappa shape index (κ1) is 17.3. The molecule has 0 fully saturated rings. The van der Waals surface area contributed by atoms with Gasteiger partial charge in [-0.05, 0) is 25.5 Å². The quantitative estimate of drug-likeness (QED) is 0.742. The SMILES string of the molecule is CCC(C)CN(CC)Cc1cc(CNC(C)C)oc1C. The monoisotopic (exact) mass is 280 g/mol. The Labute approximate surface area is 124 Å². The van der Waals surface area contributed by atoms with Gasteiger partial charge in [0.15, 0.2) is 0 Å². The summed E-state index contributed by atoms with van der Waals surface area (Å²) in [5.74, 6) is 2.86. The van der Waals surface area contributed by atoms with E-state index in [1.807, 2.05) is 0 Å². The highest BCUT2D eigenvalue weighted by molar-refractivity contribution is 5.20. The molecule has 0 saturated heterocycles. The molecule has 1 rings (SSSR count). The van der Waals surface area contributed by atoms with E-state index >= 15 is 0 Å². The molecule has 0 amide bonds. The summed E-state index contributed by atoms with van der Waals surface area (Å²) in [5, 5.41) is 3.40. The minimum absolute atomic E-state index is 0.487. The molecule has 1 atom stereocenters. The van der Waals surface area contributed by atoms with Crippen LogP contribution < -0.4 is 5.32 Å². The summed E-state index contributed by atoms with van der Waals surface area (Å²) in [6.45, 7) is 17.3. The zero-order chi connectivity index (χ0) is 15.1. The Bertz CT molecular complexity index is 384. The normalized spacial score (nSPS) is 13.4. The van der Waals surface area contributed by atoms with Crippen molar-refractivity contribution >= 4 is 0 Å². The molecule has 20 heavy (non-hydrogen) atoms. The topological polar surface area (TPSA) is 28.4 Å². The number of furan rings is 1. The first-order chi connectivity index (χ1) is 9.46. The maximum Gasteiger partial charge on any atom is 0.118 e. The first-order valence-corrected chi connectivity index (χ1v) is 8.00. The van der Waals surface area contributed by atoms with Gasteiger partial charge in [0.2, 0.25) is 0 Å². The predicted molar refractivity (Wildman–Crippen MR) is 85.8 cm³/mol. The second-order valence-corrected chi connectivity index (χ2v) is 6.17. The van der Waals surface area contributed by atoms with Gasteiger partial charge in [0.25, 0.3) is 0 Å². The van der Waals surface area contributed by atoms with Gasteiger partial charge in [0.1, 0.15) is 11.5 Å². The van der Waals surface area contributed by atoms with Crippen LogP contribution in [0.4, 0.5) is 0 Å². The molecule has 0 radical (unpaired) electrons. The van der Waals surface area contributed by atoms with E-state index in [9.17, 15) is 0 Å². The molecule has 1 unspecified atom stereocenters. The molecule has 1 aromatic rings. The van der Waals surface area contributed by atoms with Crippen molar-refractivity contribution in [3.05, 3.63) is 23.2 Å². The van der Waals surface area contributed by atoms with Gasteiger partial charge in [-0.25, -0.2) is 0 Å². The molecule has 0 saturated carbocycles. The van der Waals surface area contributed by atoms with E-state index in [1.54, 1.807) is 0 Å². The lowest BCUT2D eigenvalue weighted by atomic mass is 10.1. The Morgan fingerprint density at radius 3 is 2.50 bits per heavy atom. The Hall–Kier alpha value is -0.800. The van der Waals surface area contributed by atoms with E-state index in [-0.39, 0.29) is 0 Å². The number of hydrogen-bond acceptors (Lipinski definition) is 3. The van der Waals surface area contributed by atoms with Gasteiger partial charge in [-0.2, -0.15) is 0 Å². The summed E-state index contributed by atoms with van der Waals surface area (Å²) in [4.78, 5) is 2.51. The average molecular weight is 280 g/mol. The molecule has 1 aromatic heterocycles. The van der Waals surface area contributed by atoms with Gasteiger partial charge < -0.3 is 9.73 Å². The van der Waals surface area contributed by atoms with Crippen LogP contribution in [0.1, 0.15) is 58.1 Å². The van der Waals surface area contributed by atoms with Crippen LogP contribution in [-0.4, -0.2) is 24.0 Å². The molecule has 0 aliphatic carbocycles. The third-order valence-corrected chi connectivity index (χ3v) is 3.86. The summed E-state index contributed by atoms with van der Waals surface area (Å²) in [6.07, 6.45) is 1.24. The largest absolute Gasteiger partial charge is 0.465 e. The van der Waals surface area contributed by atoms with Gasteiger partial charge in [-0.15, -0.1) is 0 Å². The highest BCUT2D eigenvalue weighted by Crippen LogP contribution is 2.18. The lowest BCUT2D eigenvalue weighted by Gasteiger charge is -2.23. The number of rotatable bonds is 9. The van der Waals surface area contributed by atoms with Crippen LogP contribution in [0.2, 0.25) is 0 Å².